The zero-order chi connectivity index (χ0) is 16.6. The minimum atomic E-state index is -0.226. The van der Waals surface area contributed by atoms with E-state index in [-0.39, 0.29) is 24.0 Å². The van der Waals surface area contributed by atoms with E-state index in [9.17, 15) is 4.79 Å². The van der Waals surface area contributed by atoms with Gasteiger partial charge < -0.3 is 9.73 Å². The van der Waals surface area contributed by atoms with E-state index in [0.717, 1.165) is 23.4 Å². The Balaban J connectivity index is 1.49. The van der Waals surface area contributed by atoms with E-state index in [2.05, 4.69) is 17.6 Å². The van der Waals surface area contributed by atoms with Crippen molar-refractivity contribution in [1.29, 1.82) is 0 Å². The Kier molecular flexibility index (Phi) is 4.81. The Bertz CT molecular complexity index is 553. The minimum Gasteiger partial charge on any atom is -0.465 e. The molecule has 0 spiro atoms. The largest absolute Gasteiger partial charge is 0.465 e. The molecule has 1 aromatic rings. The Hall–Kier alpha value is -1.29. The van der Waals surface area contributed by atoms with Crippen molar-refractivity contribution >= 4 is 5.91 Å². The molecular weight excluding hydrogens is 288 g/mol. The normalized spacial score (nSPS) is 30.2. The van der Waals surface area contributed by atoms with Crippen LogP contribution in [0.2, 0.25) is 0 Å². The average Bonchev–Trinajstić information content (AvgIpc) is 3.22. The second kappa shape index (κ2) is 6.68. The van der Waals surface area contributed by atoms with Crippen molar-refractivity contribution in [1.82, 2.24) is 10.6 Å². The fourth-order valence-electron chi connectivity index (χ4n) is 4.58. The standard InChI is InChI=1S/C19H30N2O2/c1-11-5-8-18(23-11)13(3)20-14(4)19(22)21-12(2)17-10-15-6-7-16(17)9-15/h5,8,12-17,20H,6-7,9-10H2,1-4H3,(H,21,22). The summed E-state index contributed by atoms with van der Waals surface area (Å²) in [5, 5.41) is 6.57. The van der Waals surface area contributed by atoms with Crippen LogP contribution in [0.3, 0.4) is 0 Å². The molecule has 6 atom stereocenters. The summed E-state index contributed by atoms with van der Waals surface area (Å²) in [5.74, 6) is 4.30. The molecule has 2 aliphatic carbocycles. The third kappa shape index (κ3) is 3.63. The third-order valence-electron chi connectivity index (χ3n) is 5.89. The molecule has 6 unspecified atom stereocenters. The molecule has 2 N–H and O–H groups in total. The van der Waals surface area contributed by atoms with Crippen molar-refractivity contribution in [2.45, 2.75) is 71.5 Å². The van der Waals surface area contributed by atoms with Crippen molar-refractivity contribution in [2.24, 2.45) is 17.8 Å². The molecule has 2 fully saturated rings. The van der Waals surface area contributed by atoms with E-state index in [4.69, 9.17) is 4.42 Å². The van der Waals surface area contributed by atoms with Crippen molar-refractivity contribution in [3.63, 3.8) is 0 Å². The van der Waals surface area contributed by atoms with Gasteiger partial charge in [-0.25, -0.2) is 0 Å². The molecule has 23 heavy (non-hydrogen) atoms. The number of furan rings is 1. The van der Waals surface area contributed by atoms with Gasteiger partial charge in [0.2, 0.25) is 5.91 Å². The Labute approximate surface area is 139 Å². The van der Waals surface area contributed by atoms with Crippen LogP contribution in [0, 0.1) is 24.7 Å². The lowest BCUT2D eigenvalue weighted by molar-refractivity contribution is -0.124. The van der Waals surface area contributed by atoms with E-state index in [1.165, 1.54) is 25.7 Å². The molecule has 0 radical (unpaired) electrons. The zero-order valence-corrected chi connectivity index (χ0v) is 14.8. The van der Waals surface area contributed by atoms with Gasteiger partial charge in [0.05, 0.1) is 12.1 Å². The third-order valence-corrected chi connectivity index (χ3v) is 5.89. The first-order valence-electron chi connectivity index (χ1n) is 9.06. The van der Waals surface area contributed by atoms with Crippen molar-refractivity contribution in [3.8, 4) is 0 Å². The summed E-state index contributed by atoms with van der Waals surface area (Å²) in [4.78, 5) is 12.5. The van der Waals surface area contributed by atoms with Crippen LogP contribution in [0.4, 0.5) is 0 Å². The lowest BCUT2D eigenvalue weighted by Crippen LogP contribution is -2.48. The smallest absolute Gasteiger partial charge is 0.237 e. The molecule has 0 aliphatic heterocycles. The number of fused-ring (bicyclic) bond motifs is 2. The highest BCUT2D eigenvalue weighted by Gasteiger charge is 2.42. The predicted molar refractivity (Wildman–Crippen MR) is 91.0 cm³/mol. The quantitative estimate of drug-likeness (QED) is 0.843. The first-order valence-corrected chi connectivity index (χ1v) is 9.06. The number of hydrogen-bond acceptors (Lipinski definition) is 3. The maximum Gasteiger partial charge on any atom is 0.237 e. The van der Waals surface area contributed by atoms with Crippen LogP contribution in [0.1, 0.15) is 64.0 Å². The molecule has 2 saturated carbocycles. The van der Waals surface area contributed by atoms with E-state index >= 15 is 0 Å². The molecule has 4 heteroatoms. The first kappa shape index (κ1) is 16.6. The summed E-state index contributed by atoms with van der Waals surface area (Å²) in [6, 6.07) is 4.01. The summed E-state index contributed by atoms with van der Waals surface area (Å²) in [7, 11) is 0. The van der Waals surface area contributed by atoms with Gasteiger partial charge in [0.15, 0.2) is 0 Å². The number of carbonyl (C=O) groups excluding carboxylic acids is 1. The molecule has 2 bridgehead atoms. The lowest BCUT2D eigenvalue weighted by Gasteiger charge is -2.30. The molecular formula is C19H30N2O2. The number of rotatable bonds is 6. The van der Waals surface area contributed by atoms with Crippen LogP contribution in [0.25, 0.3) is 0 Å². The van der Waals surface area contributed by atoms with Crippen molar-refractivity contribution < 1.29 is 9.21 Å². The van der Waals surface area contributed by atoms with Gasteiger partial charge in [-0.2, -0.15) is 0 Å². The van der Waals surface area contributed by atoms with E-state index < -0.39 is 0 Å². The van der Waals surface area contributed by atoms with Crippen LogP contribution in [0.5, 0.6) is 0 Å². The number of carbonyl (C=O) groups is 1. The minimum absolute atomic E-state index is 0.0299. The summed E-state index contributed by atoms with van der Waals surface area (Å²) in [6.07, 6.45) is 5.45. The molecule has 128 valence electrons. The lowest BCUT2D eigenvalue weighted by atomic mass is 9.84. The van der Waals surface area contributed by atoms with Crippen LogP contribution in [0.15, 0.2) is 16.5 Å². The second-order valence-corrected chi connectivity index (χ2v) is 7.69. The predicted octanol–water partition coefficient (Wildman–Crippen LogP) is 3.57. The van der Waals surface area contributed by atoms with E-state index in [1.807, 2.05) is 32.9 Å². The Morgan fingerprint density at radius 2 is 2.00 bits per heavy atom. The van der Waals surface area contributed by atoms with Gasteiger partial charge in [-0.15, -0.1) is 0 Å². The van der Waals surface area contributed by atoms with Crippen LogP contribution in [-0.2, 0) is 4.79 Å². The Morgan fingerprint density at radius 1 is 1.22 bits per heavy atom. The highest BCUT2D eigenvalue weighted by molar-refractivity contribution is 5.81. The Morgan fingerprint density at radius 3 is 2.57 bits per heavy atom. The molecule has 0 saturated heterocycles. The molecule has 2 aliphatic rings. The van der Waals surface area contributed by atoms with Crippen molar-refractivity contribution in [2.75, 3.05) is 0 Å². The SMILES string of the molecule is Cc1ccc(C(C)NC(C)C(=O)NC(C)C2CC3CCC2C3)o1. The topological polar surface area (TPSA) is 54.3 Å². The number of hydrogen-bond donors (Lipinski definition) is 2. The van der Waals surface area contributed by atoms with Crippen LogP contribution >= 0.6 is 0 Å². The summed E-state index contributed by atoms with van der Waals surface area (Å²) in [6.45, 7) is 8.06. The molecule has 0 aromatic carbocycles. The molecule has 1 heterocycles. The van der Waals surface area contributed by atoms with Gasteiger partial charge in [0, 0.05) is 6.04 Å². The van der Waals surface area contributed by atoms with Gasteiger partial charge in [-0.3, -0.25) is 10.1 Å². The zero-order valence-electron chi connectivity index (χ0n) is 14.8. The summed E-state index contributed by atoms with van der Waals surface area (Å²) >= 11 is 0. The molecule has 1 aromatic heterocycles. The molecule has 4 nitrogen and oxygen atoms in total. The fourth-order valence-corrected chi connectivity index (χ4v) is 4.58. The van der Waals surface area contributed by atoms with Gasteiger partial charge >= 0.3 is 0 Å². The van der Waals surface area contributed by atoms with Gasteiger partial charge in [0.25, 0.3) is 0 Å². The van der Waals surface area contributed by atoms with Crippen LogP contribution < -0.4 is 10.6 Å². The molecule has 1 amide bonds. The molecule has 3 rings (SSSR count). The van der Waals surface area contributed by atoms with E-state index in [0.29, 0.717) is 5.92 Å². The maximum absolute atomic E-state index is 12.5. The average molecular weight is 318 g/mol. The number of aryl methyl sites for hydroxylation is 1. The second-order valence-electron chi connectivity index (χ2n) is 7.69. The summed E-state index contributed by atoms with van der Waals surface area (Å²) in [5.41, 5.74) is 0. The number of amides is 1. The summed E-state index contributed by atoms with van der Waals surface area (Å²) < 4.78 is 5.63. The van der Waals surface area contributed by atoms with Gasteiger partial charge in [-0.1, -0.05) is 6.42 Å². The maximum atomic E-state index is 12.5. The number of nitrogens with one attached hydrogen (secondary N) is 2. The van der Waals surface area contributed by atoms with Crippen LogP contribution in [-0.4, -0.2) is 18.0 Å². The van der Waals surface area contributed by atoms with Gasteiger partial charge in [0.1, 0.15) is 11.5 Å². The van der Waals surface area contributed by atoms with E-state index in [1.54, 1.807) is 0 Å². The first-order chi connectivity index (χ1) is 10.9. The highest BCUT2D eigenvalue weighted by Crippen LogP contribution is 2.49. The van der Waals surface area contributed by atoms with Crippen molar-refractivity contribution in [3.05, 3.63) is 23.7 Å². The van der Waals surface area contributed by atoms with Gasteiger partial charge in [-0.05, 0) is 76.8 Å². The highest BCUT2D eigenvalue weighted by atomic mass is 16.3. The fraction of sp³-hybridized carbons (Fsp3) is 0.737. The monoisotopic (exact) mass is 318 g/mol.